The molecule has 2 heterocycles. The van der Waals surface area contributed by atoms with E-state index in [-0.39, 0.29) is 21.4 Å². The van der Waals surface area contributed by atoms with E-state index in [2.05, 4.69) is 15.0 Å². The van der Waals surface area contributed by atoms with Gasteiger partial charge in [-0.3, -0.25) is 0 Å². The molecule has 0 fully saturated rings. The largest absolute Gasteiger partial charge is 0.368 e. The molecule has 4 aromatic rings. The molecule has 2 aromatic heterocycles. The van der Waals surface area contributed by atoms with Crippen molar-refractivity contribution in [3.63, 3.8) is 0 Å². The Morgan fingerprint density at radius 2 is 1.57 bits per heavy atom. The first-order valence-corrected chi connectivity index (χ1v) is 10.7. The smallest absolute Gasteiger partial charge is 0.220 e. The second-order valence-electron chi connectivity index (χ2n) is 6.06. The lowest BCUT2D eigenvalue weighted by atomic mass is 10.2. The van der Waals surface area contributed by atoms with Gasteiger partial charge in [0, 0.05) is 5.56 Å². The SMILES string of the molecule is Cc1nc(-c2ccccc2)sc1-c1nc(N)ncc1S(=O)(=O)c1ccccc1. The first-order valence-electron chi connectivity index (χ1n) is 8.42. The first kappa shape index (κ1) is 18.3. The van der Waals surface area contributed by atoms with E-state index in [0.717, 1.165) is 10.6 Å². The van der Waals surface area contributed by atoms with Gasteiger partial charge in [0.1, 0.15) is 15.6 Å². The van der Waals surface area contributed by atoms with Gasteiger partial charge in [-0.25, -0.2) is 23.4 Å². The molecule has 0 unspecified atom stereocenters. The molecule has 2 N–H and O–H groups in total. The molecule has 140 valence electrons. The number of nitrogens with two attached hydrogens (primary N) is 1. The van der Waals surface area contributed by atoms with Crippen LogP contribution >= 0.6 is 11.3 Å². The molecule has 2 aromatic carbocycles. The lowest BCUT2D eigenvalue weighted by Crippen LogP contribution is -2.08. The normalized spacial score (nSPS) is 11.5. The Bertz CT molecular complexity index is 1240. The van der Waals surface area contributed by atoms with Gasteiger partial charge in [0.05, 0.1) is 21.7 Å². The van der Waals surface area contributed by atoms with Crippen molar-refractivity contribution in [2.24, 2.45) is 0 Å². The number of hydrogen-bond donors (Lipinski definition) is 1. The van der Waals surface area contributed by atoms with Crippen LogP contribution < -0.4 is 5.73 Å². The summed E-state index contributed by atoms with van der Waals surface area (Å²) in [6, 6.07) is 17.9. The molecule has 0 aliphatic rings. The van der Waals surface area contributed by atoms with Crippen LogP contribution in [0.2, 0.25) is 0 Å². The fraction of sp³-hybridized carbons (Fsp3) is 0.0500. The van der Waals surface area contributed by atoms with E-state index in [1.54, 1.807) is 30.3 Å². The van der Waals surface area contributed by atoms with Gasteiger partial charge >= 0.3 is 0 Å². The molecule has 0 saturated heterocycles. The second-order valence-corrected chi connectivity index (χ2v) is 8.97. The third-order valence-corrected chi connectivity index (χ3v) is 7.13. The molecule has 0 bridgehead atoms. The quantitative estimate of drug-likeness (QED) is 0.548. The molecule has 0 atom stereocenters. The molecule has 0 aliphatic heterocycles. The average Bonchev–Trinajstić information content (AvgIpc) is 3.11. The Morgan fingerprint density at radius 1 is 0.929 bits per heavy atom. The lowest BCUT2D eigenvalue weighted by Gasteiger charge is -2.09. The highest BCUT2D eigenvalue weighted by molar-refractivity contribution is 7.91. The average molecular weight is 409 g/mol. The monoisotopic (exact) mass is 408 g/mol. The highest BCUT2D eigenvalue weighted by Gasteiger charge is 2.26. The maximum absolute atomic E-state index is 13.2. The van der Waals surface area contributed by atoms with Crippen LogP contribution in [0.5, 0.6) is 0 Å². The summed E-state index contributed by atoms with van der Waals surface area (Å²) in [5.74, 6) is 0.0103. The van der Waals surface area contributed by atoms with Gasteiger partial charge in [-0.1, -0.05) is 48.5 Å². The number of rotatable bonds is 4. The minimum Gasteiger partial charge on any atom is -0.368 e. The Labute approximate surface area is 166 Å². The molecule has 4 rings (SSSR count). The summed E-state index contributed by atoms with van der Waals surface area (Å²) in [4.78, 5) is 13.6. The topological polar surface area (TPSA) is 98.8 Å². The van der Waals surface area contributed by atoms with Crippen molar-refractivity contribution in [1.29, 1.82) is 0 Å². The van der Waals surface area contributed by atoms with Crippen molar-refractivity contribution in [1.82, 2.24) is 15.0 Å². The maximum Gasteiger partial charge on any atom is 0.220 e. The van der Waals surface area contributed by atoms with Crippen LogP contribution in [0.15, 0.2) is 76.7 Å². The van der Waals surface area contributed by atoms with Crippen LogP contribution in [-0.4, -0.2) is 23.4 Å². The Kier molecular flexibility index (Phi) is 4.66. The van der Waals surface area contributed by atoms with Crippen molar-refractivity contribution >= 4 is 27.1 Å². The summed E-state index contributed by atoms with van der Waals surface area (Å²) in [5, 5.41) is 0.786. The molecule has 28 heavy (non-hydrogen) atoms. The number of anilines is 1. The fourth-order valence-corrected chi connectivity index (χ4v) is 5.29. The Morgan fingerprint density at radius 3 is 2.25 bits per heavy atom. The van der Waals surface area contributed by atoms with Gasteiger partial charge in [0.25, 0.3) is 0 Å². The van der Waals surface area contributed by atoms with Crippen molar-refractivity contribution in [3.8, 4) is 21.1 Å². The van der Waals surface area contributed by atoms with Crippen molar-refractivity contribution in [3.05, 3.63) is 72.6 Å². The third-order valence-electron chi connectivity index (χ3n) is 4.15. The highest BCUT2D eigenvalue weighted by atomic mass is 32.2. The van der Waals surface area contributed by atoms with Crippen molar-refractivity contribution in [2.75, 3.05) is 5.73 Å². The predicted molar refractivity (Wildman–Crippen MR) is 110 cm³/mol. The summed E-state index contributed by atoms with van der Waals surface area (Å²) in [6.07, 6.45) is 1.27. The standard InChI is InChI=1S/C20H16N4O2S2/c1-13-18(27-19(23-13)14-8-4-2-5-9-14)17-16(12-22-20(21)24-17)28(25,26)15-10-6-3-7-11-15/h2-12H,1H3,(H2,21,22,24). The lowest BCUT2D eigenvalue weighted by molar-refractivity contribution is 0.595. The number of sulfone groups is 1. The number of nitrogens with zero attached hydrogens (tertiary/aromatic N) is 3. The van der Waals surface area contributed by atoms with E-state index >= 15 is 0 Å². The number of aryl methyl sites for hydroxylation is 1. The molecular formula is C20H16N4O2S2. The Hall–Kier alpha value is -3.10. The van der Waals surface area contributed by atoms with Crippen molar-refractivity contribution in [2.45, 2.75) is 16.7 Å². The molecule has 0 spiro atoms. The van der Waals surface area contributed by atoms with Crippen LogP contribution in [-0.2, 0) is 9.84 Å². The highest BCUT2D eigenvalue weighted by Crippen LogP contribution is 2.38. The molecule has 0 radical (unpaired) electrons. The Balaban J connectivity index is 1.91. The van der Waals surface area contributed by atoms with Crippen LogP contribution in [0.1, 0.15) is 5.69 Å². The number of aromatic nitrogens is 3. The maximum atomic E-state index is 13.2. The van der Waals surface area contributed by atoms with Gasteiger partial charge in [-0.2, -0.15) is 0 Å². The second kappa shape index (κ2) is 7.14. The van der Waals surface area contributed by atoms with Crippen LogP contribution in [0.4, 0.5) is 5.95 Å². The number of benzene rings is 2. The summed E-state index contributed by atoms with van der Waals surface area (Å²) >= 11 is 1.38. The van der Waals surface area contributed by atoms with Gasteiger partial charge in [-0.15, -0.1) is 11.3 Å². The minimum atomic E-state index is -3.81. The van der Waals surface area contributed by atoms with E-state index in [4.69, 9.17) is 5.73 Å². The zero-order valence-electron chi connectivity index (χ0n) is 14.9. The van der Waals surface area contributed by atoms with E-state index in [9.17, 15) is 8.42 Å². The van der Waals surface area contributed by atoms with E-state index in [1.165, 1.54) is 17.5 Å². The van der Waals surface area contributed by atoms with E-state index in [1.807, 2.05) is 37.3 Å². The van der Waals surface area contributed by atoms with Gasteiger partial charge in [-0.05, 0) is 19.1 Å². The summed E-state index contributed by atoms with van der Waals surface area (Å²) in [6.45, 7) is 1.83. The third kappa shape index (κ3) is 3.28. The predicted octanol–water partition coefficient (Wildman–Crippen LogP) is 3.99. The number of hydrogen-bond acceptors (Lipinski definition) is 7. The molecule has 0 amide bonds. The number of nitrogen functional groups attached to an aromatic ring is 1. The zero-order valence-corrected chi connectivity index (χ0v) is 16.5. The molecule has 0 saturated carbocycles. The van der Waals surface area contributed by atoms with E-state index < -0.39 is 9.84 Å². The van der Waals surface area contributed by atoms with Gasteiger partial charge in [0.2, 0.25) is 15.8 Å². The van der Waals surface area contributed by atoms with E-state index in [0.29, 0.717) is 10.6 Å². The summed E-state index contributed by atoms with van der Waals surface area (Å²) in [5.41, 5.74) is 7.70. The van der Waals surface area contributed by atoms with Gasteiger partial charge in [0.15, 0.2) is 0 Å². The van der Waals surface area contributed by atoms with Crippen LogP contribution in [0.3, 0.4) is 0 Å². The van der Waals surface area contributed by atoms with Gasteiger partial charge < -0.3 is 5.73 Å². The molecule has 8 heteroatoms. The van der Waals surface area contributed by atoms with Crippen LogP contribution in [0.25, 0.3) is 21.1 Å². The molecule has 6 nitrogen and oxygen atoms in total. The van der Waals surface area contributed by atoms with Crippen LogP contribution in [0, 0.1) is 6.92 Å². The van der Waals surface area contributed by atoms with Crippen molar-refractivity contribution < 1.29 is 8.42 Å². The number of thiazole rings is 1. The fourth-order valence-electron chi connectivity index (χ4n) is 2.79. The molecular weight excluding hydrogens is 392 g/mol. The summed E-state index contributed by atoms with van der Waals surface area (Å²) in [7, 11) is -3.81. The summed E-state index contributed by atoms with van der Waals surface area (Å²) < 4.78 is 26.4. The molecule has 0 aliphatic carbocycles. The first-order chi connectivity index (χ1) is 13.5. The zero-order chi connectivity index (χ0) is 19.7. The minimum absolute atomic E-state index is 0.0103.